The van der Waals surface area contributed by atoms with E-state index < -0.39 is 0 Å². The molecule has 0 saturated heterocycles. The van der Waals surface area contributed by atoms with Crippen molar-refractivity contribution < 1.29 is 9.18 Å². The number of nitrogens with one attached hydrogen (secondary N) is 1. The molecule has 0 spiro atoms. The molecule has 1 atom stereocenters. The van der Waals surface area contributed by atoms with Crippen molar-refractivity contribution >= 4 is 16.8 Å². The first-order valence-corrected chi connectivity index (χ1v) is 10.3. The van der Waals surface area contributed by atoms with Crippen molar-refractivity contribution in [1.82, 2.24) is 19.7 Å². The second-order valence-electron chi connectivity index (χ2n) is 8.15. The second-order valence-corrected chi connectivity index (χ2v) is 8.15. The number of aromatic amines is 1. The number of fused-ring (bicyclic) bond motifs is 3. The van der Waals surface area contributed by atoms with Gasteiger partial charge in [-0.1, -0.05) is 30.3 Å². The van der Waals surface area contributed by atoms with Crippen LogP contribution in [0.5, 0.6) is 0 Å². The van der Waals surface area contributed by atoms with E-state index in [0.717, 1.165) is 5.56 Å². The van der Waals surface area contributed by atoms with Crippen LogP contribution in [0.25, 0.3) is 16.7 Å². The summed E-state index contributed by atoms with van der Waals surface area (Å²) in [6.45, 7) is 0. The molecule has 1 aliphatic rings. The van der Waals surface area contributed by atoms with Crippen LogP contribution in [0.1, 0.15) is 27.4 Å². The summed E-state index contributed by atoms with van der Waals surface area (Å²) >= 11 is 0. The molecule has 0 fully saturated rings. The molecular formula is C25H21FN4O2. The van der Waals surface area contributed by atoms with E-state index in [-0.39, 0.29) is 23.1 Å². The van der Waals surface area contributed by atoms with Crippen LogP contribution in [0.15, 0.2) is 77.4 Å². The number of allylic oxidation sites excluding steroid dienone is 1. The zero-order valence-corrected chi connectivity index (χ0v) is 17.7. The molecule has 0 radical (unpaired) electrons. The molecule has 2 heterocycles. The van der Waals surface area contributed by atoms with E-state index in [4.69, 9.17) is 0 Å². The molecule has 2 aromatic carbocycles. The van der Waals surface area contributed by atoms with E-state index in [1.807, 2.05) is 49.3 Å². The van der Waals surface area contributed by atoms with Gasteiger partial charge >= 0.3 is 0 Å². The van der Waals surface area contributed by atoms with Crippen molar-refractivity contribution in [2.24, 2.45) is 0 Å². The van der Waals surface area contributed by atoms with Gasteiger partial charge in [-0.25, -0.2) is 14.1 Å². The first kappa shape index (κ1) is 19.9. The Morgan fingerprint density at radius 1 is 1.09 bits per heavy atom. The number of aromatic nitrogens is 3. The van der Waals surface area contributed by atoms with Gasteiger partial charge in [0.05, 0.1) is 11.1 Å². The third-order valence-corrected chi connectivity index (χ3v) is 5.80. The Balaban J connectivity index is 1.73. The lowest BCUT2D eigenvalue weighted by atomic mass is 9.76. The number of carbonyl (C=O) groups excluding carboxylic acids is 1. The minimum Gasteiger partial charge on any atom is -0.383 e. The first-order valence-electron chi connectivity index (χ1n) is 10.3. The van der Waals surface area contributed by atoms with Gasteiger partial charge in [0.25, 0.3) is 5.56 Å². The van der Waals surface area contributed by atoms with Crippen LogP contribution in [-0.2, 0) is 6.42 Å². The van der Waals surface area contributed by atoms with Crippen molar-refractivity contribution in [3.05, 3.63) is 105 Å². The predicted octanol–water partition coefficient (Wildman–Crippen LogP) is 3.82. The summed E-state index contributed by atoms with van der Waals surface area (Å²) in [4.78, 5) is 33.1. The van der Waals surface area contributed by atoms with Crippen LogP contribution >= 0.6 is 0 Å². The maximum absolute atomic E-state index is 13.6. The summed E-state index contributed by atoms with van der Waals surface area (Å²) in [6, 6.07) is 15.4. The Bertz CT molecular complexity index is 1420. The summed E-state index contributed by atoms with van der Waals surface area (Å²) in [7, 11) is 3.70. The minimum atomic E-state index is -0.336. The quantitative estimate of drug-likeness (QED) is 0.504. The molecule has 1 N–H and O–H groups in total. The molecule has 32 heavy (non-hydrogen) atoms. The Morgan fingerprint density at radius 2 is 1.81 bits per heavy atom. The first-order chi connectivity index (χ1) is 15.4. The minimum absolute atomic E-state index is 0.171. The zero-order valence-electron chi connectivity index (χ0n) is 17.7. The number of H-pyrrole nitrogens is 1. The van der Waals surface area contributed by atoms with Crippen LogP contribution in [0.4, 0.5) is 4.39 Å². The number of nitrogens with zero attached hydrogens (tertiary/aromatic N) is 3. The van der Waals surface area contributed by atoms with Gasteiger partial charge in [-0.3, -0.25) is 14.7 Å². The number of ketones is 1. The topological polar surface area (TPSA) is 71.0 Å². The maximum Gasteiger partial charge on any atom is 0.281 e. The molecule has 5 rings (SSSR count). The summed E-state index contributed by atoms with van der Waals surface area (Å²) in [6.07, 6.45) is 3.77. The number of pyridine rings is 1. The van der Waals surface area contributed by atoms with Crippen LogP contribution in [0, 0.1) is 5.82 Å². The van der Waals surface area contributed by atoms with Crippen molar-refractivity contribution in [1.29, 1.82) is 0 Å². The van der Waals surface area contributed by atoms with Crippen LogP contribution in [0.3, 0.4) is 0 Å². The molecule has 6 nitrogen and oxygen atoms in total. The highest BCUT2D eigenvalue weighted by Crippen LogP contribution is 2.38. The van der Waals surface area contributed by atoms with E-state index in [1.54, 1.807) is 18.3 Å². The van der Waals surface area contributed by atoms with Gasteiger partial charge in [-0.05, 0) is 41.8 Å². The smallest absolute Gasteiger partial charge is 0.281 e. The maximum atomic E-state index is 13.6. The monoisotopic (exact) mass is 428 g/mol. The summed E-state index contributed by atoms with van der Waals surface area (Å²) in [5.74, 6) is -0.809. The molecule has 0 amide bonds. The van der Waals surface area contributed by atoms with E-state index in [0.29, 0.717) is 39.8 Å². The molecule has 0 unspecified atom stereocenters. The van der Waals surface area contributed by atoms with Crippen LogP contribution < -0.4 is 5.56 Å². The van der Waals surface area contributed by atoms with Gasteiger partial charge in [0.1, 0.15) is 5.82 Å². The van der Waals surface area contributed by atoms with Crippen molar-refractivity contribution in [2.75, 3.05) is 14.1 Å². The lowest BCUT2D eigenvalue weighted by Crippen LogP contribution is -2.26. The molecule has 1 aliphatic carbocycles. The highest BCUT2D eigenvalue weighted by Gasteiger charge is 2.34. The molecule has 2 aromatic heterocycles. The van der Waals surface area contributed by atoms with Gasteiger partial charge in [0, 0.05) is 43.5 Å². The third kappa shape index (κ3) is 3.22. The Labute approximate surface area is 183 Å². The number of halogens is 1. The lowest BCUT2D eigenvalue weighted by molar-refractivity contribution is 0.101. The molecule has 4 aromatic rings. The fourth-order valence-corrected chi connectivity index (χ4v) is 4.35. The predicted molar refractivity (Wildman–Crippen MR) is 121 cm³/mol. The molecular weight excluding hydrogens is 407 g/mol. The van der Waals surface area contributed by atoms with Crippen LogP contribution in [-0.4, -0.2) is 39.5 Å². The molecule has 7 heteroatoms. The average Bonchev–Trinajstić information content (AvgIpc) is 3.13. The molecule has 0 bridgehead atoms. The highest BCUT2D eigenvalue weighted by atomic mass is 19.1. The Kier molecular flexibility index (Phi) is 4.74. The summed E-state index contributed by atoms with van der Waals surface area (Å²) in [5.41, 5.74) is 3.39. The standard InChI is InChI=1S/C25H21FN4O2/c1-29(2)14-21-18(15-8-10-16(26)11-9-15)12-19-20(23(21)31)13-27-24-22(19)25(32)30(28-24)17-6-4-3-5-7-17/h3-11,13-14,18H,12H2,1-2H3,(H,27,28)/b21-14-/t18-/m1/s1. The molecule has 0 saturated carbocycles. The number of hydrogen-bond acceptors (Lipinski definition) is 4. The summed E-state index contributed by atoms with van der Waals surface area (Å²) < 4.78 is 15.0. The fourth-order valence-electron chi connectivity index (χ4n) is 4.35. The van der Waals surface area contributed by atoms with E-state index in [1.165, 1.54) is 23.0 Å². The SMILES string of the molecule is CN(C)/C=C1\C(=O)c2cnc3[nH]n(-c4ccccc4)c(=O)c3c2C[C@@H]1c1ccc(F)cc1. The van der Waals surface area contributed by atoms with Gasteiger partial charge in [0.15, 0.2) is 11.4 Å². The zero-order chi connectivity index (χ0) is 22.4. The second kappa shape index (κ2) is 7.60. The Hall–Kier alpha value is -4.00. The lowest BCUT2D eigenvalue weighted by Gasteiger charge is -2.28. The van der Waals surface area contributed by atoms with E-state index in [2.05, 4.69) is 10.1 Å². The van der Waals surface area contributed by atoms with Gasteiger partial charge < -0.3 is 4.90 Å². The molecule has 0 aliphatic heterocycles. The van der Waals surface area contributed by atoms with E-state index in [9.17, 15) is 14.0 Å². The van der Waals surface area contributed by atoms with Gasteiger partial charge in [-0.2, -0.15) is 0 Å². The normalized spacial score (nSPS) is 17.0. The average molecular weight is 428 g/mol. The fraction of sp³-hybridized carbons (Fsp3) is 0.160. The number of benzene rings is 2. The molecule has 160 valence electrons. The highest BCUT2D eigenvalue weighted by molar-refractivity contribution is 6.13. The summed E-state index contributed by atoms with van der Waals surface area (Å²) in [5, 5.41) is 3.47. The number of Topliss-reactive ketones (excluding diaryl/α,β-unsaturated/α-hetero) is 1. The van der Waals surface area contributed by atoms with Gasteiger partial charge in [-0.15, -0.1) is 0 Å². The number of para-hydroxylation sites is 1. The number of hydrogen-bond donors (Lipinski definition) is 1. The van der Waals surface area contributed by atoms with Crippen LogP contribution in [0.2, 0.25) is 0 Å². The Morgan fingerprint density at radius 3 is 2.50 bits per heavy atom. The largest absolute Gasteiger partial charge is 0.383 e. The number of rotatable bonds is 3. The van der Waals surface area contributed by atoms with Crippen molar-refractivity contribution in [3.63, 3.8) is 0 Å². The van der Waals surface area contributed by atoms with Crippen molar-refractivity contribution in [2.45, 2.75) is 12.3 Å². The third-order valence-electron chi connectivity index (χ3n) is 5.80. The van der Waals surface area contributed by atoms with E-state index >= 15 is 0 Å². The number of carbonyl (C=O) groups is 1. The van der Waals surface area contributed by atoms with Crippen molar-refractivity contribution in [3.8, 4) is 5.69 Å². The van der Waals surface area contributed by atoms with Gasteiger partial charge in [0.2, 0.25) is 0 Å².